The fourth-order valence-electron chi connectivity index (χ4n) is 0.874. The molecule has 3 N–H and O–H groups in total. The molecule has 0 saturated carbocycles. The van der Waals surface area contributed by atoms with Crippen molar-refractivity contribution >= 4 is 0 Å². The number of alkyl halides is 3. The zero-order chi connectivity index (χ0) is 10.8. The Labute approximate surface area is 77.5 Å². The lowest BCUT2D eigenvalue weighted by molar-refractivity contribution is -0.157. The summed E-state index contributed by atoms with van der Waals surface area (Å²) in [5, 5.41) is 8.50. The molecule has 0 bridgehead atoms. The van der Waals surface area contributed by atoms with Gasteiger partial charge in [-0.1, -0.05) is 0 Å². The lowest BCUT2D eigenvalue weighted by Gasteiger charge is -2.04. The summed E-state index contributed by atoms with van der Waals surface area (Å²) in [7, 11) is 0. The molecular weight excluding hydrogens is 201 g/mol. The molecule has 7 heteroatoms. The lowest BCUT2D eigenvalue weighted by atomic mass is 10.2. The number of halogens is 3. The first kappa shape index (κ1) is 11.0. The minimum absolute atomic E-state index is 0.00799. The minimum Gasteiger partial charge on any atom is -0.441 e. The van der Waals surface area contributed by atoms with Crippen LogP contribution in [0.5, 0.6) is 0 Å². The summed E-state index contributed by atoms with van der Waals surface area (Å²) in [5.41, 5.74) is 5.40. The smallest absolute Gasteiger partial charge is 0.441 e. The van der Waals surface area contributed by atoms with Crippen LogP contribution in [0.25, 0.3) is 0 Å². The summed E-state index contributed by atoms with van der Waals surface area (Å²) >= 11 is 0. The molecule has 0 aromatic carbocycles. The molecule has 1 unspecified atom stereocenters. The Kier molecular flexibility index (Phi) is 3.12. The quantitative estimate of drug-likeness (QED) is 0.782. The van der Waals surface area contributed by atoms with Crippen LogP contribution >= 0.6 is 0 Å². The fraction of sp³-hybridized carbons (Fsp3) is 0.571. The van der Waals surface area contributed by atoms with Crippen molar-refractivity contribution in [3.8, 4) is 0 Å². The van der Waals surface area contributed by atoms with E-state index in [2.05, 4.69) is 9.40 Å². The number of nitrogens with two attached hydrogens (primary N) is 1. The van der Waals surface area contributed by atoms with Crippen LogP contribution in [0.1, 0.15) is 24.0 Å². The molecule has 0 amide bonds. The number of aromatic nitrogens is 1. The highest BCUT2D eigenvalue weighted by molar-refractivity contribution is 5.03. The van der Waals surface area contributed by atoms with Crippen LogP contribution in [0.15, 0.2) is 10.7 Å². The van der Waals surface area contributed by atoms with Crippen molar-refractivity contribution in [2.24, 2.45) is 5.73 Å². The molecule has 0 spiro atoms. The predicted molar refractivity (Wildman–Crippen MR) is 40.1 cm³/mol. The van der Waals surface area contributed by atoms with Crippen molar-refractivity contribution in [2.75, 3.05) is 6.61 Å². The van der Waals surface area contributed by atoms with Crippen molar-refractivity contribution in [3.05, 3.63) is 17.8 Å². The lowest BCUT2D eigenvalue weighted by Crippen LogP contribution is -2.13. The summed E-state index contributed by atoms with van der Waals surface area (Å²) in [6.45, 7) is -0.213. The van der Waals surface area contributed by atoms with Gasteiger partial charge in [0.05, 0.1) is 11.7 Å². The molecule has 0 fully saturated rings. The van der Waals surface area contributed by atoms with Crippen LogP contribution < -0.4 is 5.73 Å². The van der Waals surface area contributed by atoms with E-state index in [1.165, 1.54) is 0 Å². The summed E-state index contributed by atoms with van der Waals surface area (Å²) in [5.74, 6) is -1.32. The number of rotatable bonds is 3. The molecule has 14 heavy (non-hydrogen) atoms. The third kappa shape index (κ3) is 2.46. The van der Waals surface area contributed by atoms with E-state index in [9.17, 15) is 13.2 Å². The number of aliphatic hydroxyl groups excluding tert-OH is 1. The Morgan fingerprint density at radius 1 is 1.57 bits per heavy atom. The fourth-order valence-corrected chi connectivity index (χ4v) is 0.874. The number of nitrogens with zero attached hydrogens (tertiary/aromatic N) is 1. The molecule has 1 rings (SSSR count). The van der Waals surface area contributed by atoms with Gasteiger partial charge < -0.3 is 15.3 Å². The molecule has 0 saturated heterocycles. The molecular formula is C7H9F3N2O2. The van der Waals surface area contributed by atoms with Crippen LogP contribution in [0.2, 0.25) is 0 Å². The molecule has 1 atom stereocenters. The topological polar surface area (TPSA) is 72.3 Å². The molecule has 4 nitrogen and oxygen atoms in total. The van der Waals surface area contributed by atoms with Crippen molar-refractivity contribution in [1.29, 1.82) is 0 Å². The van der Waals surface area contributed by atoms with E-state index in [1.807, 2.05) is 0 Å². The minimum atomic E-state index is -4.60. The highest BCUT2D eigenvalue weighted by Crippen LogP contribution is 2.29. The third-order valence-electron chi connectivity index (χ3n) is 1.58. The second kappa shape index (κ2) is 3.97. The number of oxazole rings is 1. The van der Waals surface area contributed by atoms with Gasteiger partial charge in [-0.05, 0) is 6.42 Å². The Hall–Kier alpha value is -1.08. The van der Waals surface area contributed by atoms with E-state index in [-0.39, 0.29) is 18.7 Å². The van der Waals surface area contributed by atoms with E-state index in [0.717, 1.165) is 6.26 Å². The molecule has 0 radical (unpaired) electrons. The van der Waals surface area contributed by atoms with Crippen LogP contribution in [0.4, 0.5) is 13.2 Å². The number of aliphatic hydroxyl groups is 1. The normalized spacial score (nSPS) is 14.4. The van der Waals surface area contributed by atoms with Crippen LogP contribution in [0, 0.1) is 0 Å². The van der Waals surface area contributed by atoms with Crippen molar-refractivity contribution in [3.63, 3.8) is 0 Å². The zero-order valence-corrected chi connectivity index (χ0v) is 7.08. The molecule has 0 aliphatic heterocycles. The van der Waals surface area contributed by atoms with E-state index >= 15 is 0 Å². The van der Waals surface area contributed by atoms with Crippen molar-refractivity contribution < 1.29 is 22.7 Å². The third-order valence-corrected chi connectivity index (χ3v) is 1.58. The summed E-state index contributed by atoms with van der Waals surface area (Å²) in [6, 6.07) is -0.736. The Bertz CT molecular complexity index is 297. The summed E-state index contributed by atoms with van der Waals surface area (Å²) in [4.78, 5) is 3.17. The van der Waals surface area contributed by atoms with Gasteiger partial charge in [-0.25, -0.2) is 4.98 Å². The second-order valence-corrected chi connectivity index (χ2v) is 2.69. The molecule has 1 aromatic rings. The molecule has 80 valence electrons. The SMILES string of the molecule is NC(CCO)c1coc(C(F)(F)F)n1. The first-order chi connectivity index (χ1) is 6.45. The Morgan fingerprint density at radius 3 is 2.64 bits per heavy atom. The van der Waals surface area contributed by atoms with Crippen LogP contribution in [-0.4, -0.2) is 16.7 Å². The zero-order valence-electron chi connectivity index (χ0n) is 7.08. The Balaban J connectivity index is 2.78. The molecule has 1 heterocycles. The maximum atomic E-state index is 12.0. The summed E-state index contributed by atoms with van der Waals surface area (Å²) < 4.78 is 40.2. The van der Waals surface area contributed by atoms with Gasteiger partial charge in [-0.2, -0.15) is 13.2 Å². The van der Waals surface area contributed by atoms with E-state index in [1.54, 1.807) is 0 Å². The standard InChI is InChI=1S/C7H9F3N2O2/c8-7(9,10)6-12-5(3-14-6)4(11)1-2-13/h3-4,13H,1-2,11H2. The summed E-state index contributed by atoms with van der Waals surface area (Å²) in [6.07, 6.45) is -3.61. The maximum absolute atomic E-state index is 12.0. The van der Waals surface area contributed by atoms with E-state index < -0.39 is 18.1 Å². The Morgan fingerprint density at radius 2 is 2.21 bits per heavy atom. The first-order valence-electron chi connectivity index (χ1n) is 3.84. The van der Waals surface area contributed by atoms with E-state index in [4.69, 9.17) is 10.8 Å². The number of hydrogen-bond acceptors (Lipinski definition) is 4. The van der Waals surface area contributed by atoms with Crippen LogP contribution in [0.3, 0.4) is 0 Å². The second-order valence-electron chi connectivity index (χ2n) is 2.69. The van der Waals surface area contributed by atoms with Gasteiger partial charge in [0.15, 0.2) is 0 Å². The van der Waals surface area contributed by atoms with Gasteiger partial charge in [0.2, 0.25) is 0 Å². The van der Waals surface area contributed by atoms with Gasteiger partial charge in [0.1, 0.15) is 6.26 Å². The first-order valence-corrected chi connectivity index (χ1v) is 3.84. The van der Waals surface area contributed by atoms with Crippen molar-refractivity contribution in [1.82, 2.24) is 4.98 Å². The van der Waals surface area contributed by atoms with Gasteiger partial charge in [-0.15, -0.1) is 0 Å². The highest BCUT2D eigenvalue weighted by atomic mass is 19.4. The number of hydrogen-bond donors (Lipinski definition) is 2. The maximum Gasteiger partial charge on any atom is 0.468 e. The average molecular weight is 210 g/mol. The van der Waals surface area contributed by atoms with Gasteiger partial charge in [-0.3, -0.25) is 0 Å². The average Bonchev–Trinajstić information content (AvgIpc) is 2.51. The molecule has 0 aliphatic carbocycles. The van der Waals surface area contributed by atoms with E-state index in [0.29, 0.717) is 0 Å². The van der Waals surface area contributed by atoms with Crippen LogP contribution in [-0.2, 0) is 6.18 Å². The monoisotopic (exact) mass is 210 g/mol. The molecule has 1 aromatic heterocycles. The van der Waals surface area contributed by atoms with Crippen molar-refractivity contribution in [2.45, 2.75) is 18.6 Å². The van der Waals surface area contributed by atoms with Gasteiger partial charge in [0, 0.05) is 6.61 Å². The predicted octanol–water partition coefficient (Wildman–Crippen LogP) is 1.08. The molecule has 0 aliphatic rings. The largest absolute Gasteiger partial charge is 0.468 e. The highest BCUT2D eigenvalue weighted by Gasteiger charge is 2.37. The van der Waals surface area contributed by atoms with Gasteiger partial charge in [0.25, 0.3) is 0 Å². The van der Waals surface area contributed by atoms with Gasteiger partial charge >= 0.3 is 12.1 Å².